The zero-order chi connectivity index (χ0) is 13.5. The second-order valence-corrected chi connectivity index (χ2v) is 5.33. The highest BCUT2D eigenvalue weighted by Crippen LogP contribution is 2.42. The number of benzene rings is 1. The number of rotatable bonds is 1. The van der Waals surface area contributed by atoms with Crippen molar-refractivity contribution in [2.75, 3.05) is 17.2 Å². The van der Waals surface area contributed by atoms with Gasteiger partial charge in [-0.2, -0.15) is 0 Å². The van der Waals surface area contributed by atoms with Crippen molar-refractivity contribution >= 4 is 23.3 Å². The van der Waals surface area contributed by atoms with Crippen LogP contribution in [0.3, 0.4) is 0 Å². The number of hydrogen-bond donors (Lipinski definition) is 3. The maximum Gasteiger partial charge on any atom is 0.337 e. The third-order valence-corrected chi connectivity index (χ3v) is 4.19. The van der Waals surface area contributed by atoms with Crippen molar-refractivity contribution in [1.82, 2.24) is 0 Å². The van der Waals surface area contributed by atoms with Crippen LogP contribution in [0.25, 0.3) is 0 Å². The van der Waals surface area contributed by atoms with Gasteiger partial charge >= 0.3 is 5.97 Å². The normalized spacial score (nSPS) is 20.3. The number of anilines is 2. The van der Waals surface area contributed by atoms with E-state index in [2.05, 4.69) is 10.6 Å². The van der Waals surface area contributed by atoms with Crippen LogP contribution in [0.4, 0.5) is 11.4 Å². The van der Waals surface area contributed by atoms with Crippen LogP contribution < -0.4 is 10.6 Å². The summed E-state index contributed by atoms with van der Waals surface area (Å²) in [6.45, 7) is 0.578. The zero-order valence-electron chi connectivity index (χ0n) is 10.5. The van der Waals surface area contributed by atoms with E-state index < -0.39 is 5.97 Å². The fraction of sp³-hybridized carbons (Fsp3) is 0.429. The van der Waals surface area contributed by atoms with Crippen LogP contribution in [0.1, 0.15) is 36.0 Å². The van der Waals surface area contributed by atoms with E-state index in [1.54, 1.807) is 12.1 Å². The highest BCUT2D eigenvalue weighted by Gasteiger charge is 2.43. The summed E-state index contributed by atoms with van der Waals surface area (Å²) >= 11 is 0. The summed E-state index contributed by atoms with van der Waals surface area (Å²) in [4.78, 5) is 23.7. The number of carbonyl (C=O) groups is 2. The Morgan fingerprint density at radius 1 is 1.26 bits per heavy atom. The number of carboxylic acids is 1. The molecule has 19 heavy (non-hydrogen) atoms. The Morgan fingerprint density at radius 3 is 2.68 bits per heavy atom. The van der Waals surface area contributed by atoms with Gasteiger partial charge in [0, 0.05) is 6.54 Å². The highest BCUT2D eigenvalue weighted by molar-refractivity contribution is 6.07. The molecular formula is C14H16N2O3. The molecule has 5 heteroatoms. The number of aromatic carboxylic acids is 1. The first-order valence-corrected chi connectivity index (χ1v) is 6.54. The van der Waals surface area contributed by atoms with Crippen LogP contribution in [-0.2, 0) is 4.79 Å². The molecule has 0 aromatic heterocycles. The third kappa shape index (κ3) is 1.85. The Kier molecular flexibility index (Phi) is 2.69. The van der Waals surface area contributed by atoms with E-state index in [1.165, 1.54) is 6.07 Å². The minimum absolute atomic E-state index is 0.0510. The van der Waals surface area contributed by atoms with Gasteiger partial charge in [0.2, 0.25) is 5.91 Å². The molecule has 1 aliphatic heterocycles. The minimum atomic E-state index is -1.03. The smallest absolute Gasteiger partial charge is 0.337 e. The van der Waals surface area contributed by atoms with Crippen LogP contribution in [-0.4, -0.2) is 23.5 Å². The van der Waals surface area contributed by atoms with E-state index in [0.717, 1.165) is 25.7 Å². The predicted octanol–water partition coefficient (Wildman–Crippen LogP) is 2.31. The molecule has 1 fully saturated rings. The summed E-state index contributed by atoms with van der Waals surface area (Å²) in [5.41, 5.74) is 0.837. The highest BCUT2D eigenvalue weighted by atomic mass is 16.4. The third-order valence-electron chi connectivity index (χ3n) is 4.19. The summed E-state index contributed by atoms with van der Waals surface area (Å²) in [6.07, 6.45) is 3.83. The Labute approximate surface area is 111 Å². The lowest BCUT2D eigenvalue weighted by Crippen LogP contribution is -2.37. The molecule has 3 rings (SSSR count). The lowest BCUT2D eigenvalue weighted by molar-refractivity contribution is -0.124. The number of hydrogen-bond acceptors (Lipinski definition) is 3. The molecule has 1 saturated carbocycles. The quantitative estimate of drug-likeness (QED) is 0.724. The number of nitrogens with one attached hydrogen (secondary N) is 2. The number of para-hydroxylation sites is 1. The van der Waals surface area contributed by atoms with Gasteiger partial charge in [-0.25, -0.2) is 4.79 Å². The molecule has 0 atom stereocenters. The molecule has 2 aliphatic rings. The molecule has 1 heterocycles. The van der Waals surface area contributed by atoms with Crippen molar-refractivity contribution in [2.24, 2.45) is 5.41 Å². The molecule has 5 nitrogen and oxygen atoms in total. The average molecular weight is 260 g/mol. The first kappa shape index (κ1) is 12.0. The molecule has 1 aliphatic carbocycles. The van der Waals surface area contributed by atoms with Gasteiger partial charge in [-0.05, 0) is 25.0 Å². The summed E-state index contributed by atoms with van der Waals surface area (Å²) in [5, 5.41) is 15.3. The Morgan fingerprint density at radius 2 is 2.00 bits per heavy atom. The number of fused-ring (bicyclic) bond motifs is 1. The molecule has 0 unspecified atom stereocenters. The van der Waals surface area contributed by atoms with Gasteiger partial charge in [0.25, 0.3) is 0 Å². The first-order chi connectivity index (χ1) is 9.12. The zero-order valence-corrected chi connectivity index (χ0v) is 10.5. The van der Waals surface area contributed by atoms with Crippen LogP contribution in [0.2, 0.25) is 0 Å². The summed E-state index contributed by atoms with van der Waals surface area (Å²) in [5.74, 6) is -1.08. The minimum Gasteiger partial charge on any atom is -0.478 e. The lowest BCUT2D eigenvalue weighted by Gasteiger charge is -2.24. The topological polar surface area (TPSA) is 78.4 Å². The molecule has 3 N–H and O–H groups in total. The van der Waals surface area contributed by atoms with Crippen molar-refractivity contribution in [3.63, 3.8) is 0 Å². The number of amides is 1. The van der Waals surface area contributed by atoms with Gasteiger partial charge < -0.3 is 15.7 Å². The molecule has 100 valence electrons. The van der Waals surface area contributed by atoms with Crippen LogP contribution >= 0.6 is 0 Å². The first-order valence-electron chi connectivity index (χ1n) is 6.54. The molecule has 1 amide bonds. The standard InChI is InChI=1S/C14H16N2O3/c17-12(18)9-4-3-5-10-11(9)16-13(19)14(8-15-10)6-1-2-7-14/h3-5,15H,1-2,6-8H2,(H,16,19)(H,17,18). The van der Waals surface area contributed by atoms with Crippen LogP contribution in [0, 0.1) is 5.41 Å². The largest absolute Gasteiger partial charge is 0.478 e. The maximum absolute atomic E-state index is 12.4. The van der Waals surface area contributed by atoms with Gasteiger partial charge in [0.15, 0.2) is 0 Å². The molecule has 0 radical (unpaired) electrons. The van der Waals surface area contributed by atoms with E-state index in [9.17, 15) is 14.7 Å². The van der Waals surface area contributed by atoms with E-state index in [0.29, 0.717) is 17.9 Å². The predicted molar refractivity (Wildman–Crippen MR) is 71.4 cm³/mol. The van der Waals surface area contributed by atoms with Crippen molar-refractivity contribution in [1.29, 1.82) is 0 Å². The molecular weight excluding hydrogens is 244 g/mol. The second kappa shape index (κ2) is 4.26. The molecule has 0 saturated heterocycles. The van der Waals surface area contributed by atoms with Gasteiger partial charge in [-0.1, -0.05) is 18.9 Å². The average Bonchev–Trinajstić information content (AvgIpc) is 2.81. The molecule has 1 aromatic carbocycles. The Hall–Kier alpha value is -2.04. The monoisotopic (exact) mass is 260 g/mol. The van der Waals surface area contributed by atoms with Crippen molar-refractivity contribution in [3.8, 4) is 0 Å². The second-order valence-electron chi connectivity index (χ2n) is 5.33. The van der Waals surface area contributed by atoms with Crippen LogP contribution in [0.5, 0.6) is 0 Å². The van der Waals surface area contributed by atoms with E-state index in [1.807, 2.05) is 0 Å². The lowest BCUT2D eigenvalue weighted by atomic mass is 9.85. The van der Waals surface area contributed by atoms with Crippen molar-refractivity contribution in [3.05, 3.63) is 23.8 Å². The summed E-state index contributed by atoms with van der Waals surface area (Å²) < 4.78 is 0. The molecule has 0 bridgehead atoms. The summed E-state index contributed by atoms with van der Waals surface area (Å²) in [7, 11) is 0. The number of carbonyl (C=O) groups excluding carboxylic acids is 1. The fourth-order valence-corrected chi connectivity index (χ4v) is 3.06. The fourth-order valence-electron chi connectivity index (χ4n) is 3.06. The Bertz CT molecular complexity index is 548. The van der Waals surface area contributed by atoms with Crippen molar-refractivity contribution < 1.29 is 14.7 Å². The molecule has 1 spiro atoms. The Balaban J connectivity index is 2.02. The van der Waals surface area contributed by atoms with Crippen LogP contribution in [0.15, 0.2) is 18.2 Å². The van der Waals surface area contributed by atoms with E-state index >= 15 is 0 Å². The maximum atomic E-state index is 12.4. The molecule has 1 aromatic rings. The van der Waals surface area contributed by atoms with E-state index in [-0.39, 0.29) is 16.9 Å². The SMILES string of the molecule is O=C(O)c1cccc2c1NC(=O)C1(CCCC1)CN2. The van der Waals surface area contributed by atoms with Crippen molar-refractivity contribution in [2.45, 2.75) is 25.7 Å². The van der Waals surface area contributed by atoms with E-state index in [4.69, 9.17) is 0 Å². The summed E-state index contributed by atoms with van der Waals surface area (Å²) in [6, 6.07) is 5.00. The van der Waals surface area contributed by atoms with Gasteiger partial charge in [-0.15, -0.1) is 0 Å². The van der Waals surface area contributed by atoms with Gasteiger partial charge in [0.1, 0.15) is 0 Å². The number of carboxylic acid groups (broad SMARTS) is 1. The van der Waals surface area contributed by atoms with Gasteiger partial charge in [0.05, 0.1) is 22.4 Å². The van der Waals surface area contributed by atoms with Gasteiger partial charge in [-0.3, -0.25) is 4.79 Å².